The number of likely N-dealkylation sites (tertiary alicyclic amines) is 1. The molecule has 0 unspecified atom stereocenters. The highest BCUT2D eigenvalue weighted by Gasteiger charge is 2.18. The number of nitrogens with one attached hydrogen (secondary N) is 2. The first-order chi connectivity index (χ1) is 12.7. The number of carbonyl (C=O) groups is 1. The molecular formula is C19H30FIN4OS. The van der Waals surface area contributed by atoms with Crippen LogP contribution in [0.5, 0.6) is 0 Å². The molecule has 1 heterocycles. The van der Waals surface area contributed by atoms with Crippen LogP contribution in [0, 0.1) is 5.82 Å². The molecule has 0 radical (unpaired) electrons. The Labute approximate surface area is 183 Å². The van der Waals surface area contributed by atoms with Crippen molar-refractivity contribution in [3.63, 3.8) is 0 Å². The molecule has 0 atom stereocenters. The summed E-state index contributed by atoms with van der Waals surface area (Å²) in [5.41, 5.74) is 0.745. The van der Waals surface area contributed by atoms with Crippen LogP contribution in [0.15, 0.2) is 29.3 Å². The lowest BCUT2D eigenvalue weighted by Crippen LogP contribution is -2.38. The number of guanidine groups is 1. The highest BCUT2D eigenvalue weighted by atomic mass is 127. The summed E-state index contributed by atoms with van der Waals surface area (Å²) in [4.78, 5) is 18.1. The number of amides is 1. The maximum Gasteiger partial charge on any atom is 0.222 e. The van der Waals surface area contributed by atoms with Crippen LogP contribution >= 0.6 is 35.7 Å². The van der Waals surface area contributed by atoms with Gasteiger partial charge in [-0.05, 0) is 31.4 Å². The summed E-state index contributed by atoms with van der Waals surface area (Å²) in [7, 11) is 0. The Morgan fingerprint density at radius 2 is 2.15 bits per heavy atom. The lowest BCUT2D eigenvalue weighted by atomic mass is 10.2. The Balaban J connectivity index is 0.00000364. The molecule has 8 heteroatoms. The van der Waals surface area contributed by atoms with E-state index in [1.807, 2.05) is 24.0 Å². The van der Waals surface area contributed by atoms with Crippen molar-refractivity contribution in [3.8, 4) is 0 Å². The molecule has 1 aliphatic rings. The number of carbonyl (C=O) groups excluding carboxylic acids is 1. The zero-order valence-electron chi connectivity index (χ0n) is 15.9. The Morgan fingerprint density at radius 3 is 2.85 bits per heavy atom. The number of nitrogens with zero attached hydrogens (tertiary/aromatic N) is 2. The van der Waals surface area contributed by atoms with Crippen LogP contribution in [0.3, 0.4) is 0 Å². The van der Waals surface area contributed by atoms with Gasteiger partial charge in [0, 0.05) is 50.7 Å². The molecule has 0 spiro atoms. The number of thioether (sulfide) groups is 1. The number of aliphatic imine (C=N–C) groups is 1. The number of benzene rings is 1. The van der Waals surface area contributed by atoms with Crippen molar-refractivity contribution in [2.24, 2.45) is 4.99 Å². The third-order valence-corrected chi connectivity index (χ3v) is 5.13. The van der Waals surface area contributed by atoms with Crippen molar-refractivity contribution in [1.29, 1.82) is 0 Å². The second-order valence-electron chi connectivity index (χ2n) is 6.17. The minimum atomic E-state index is -0.139. The van der Waals surface area contributed by atoms with Gasteiger partial charge in [0.25, 0.3) is 0 Å². The molecule has 0 bridgehead atoms. The van der Waals surface area contributed by atoms with E-state index in [0.717, 1.165) is 56.3 Å². The van der Waals surface area contributed by atoms with Gasteiger partial charge in [0.15, 0.2) is 5.96 Å². The summed E-state index contributed by atoms with van der Waals surface area (Å²) in [6, 6.07) is 6.90. The molecule has 0 saturated carbocycles. The Hall–Kier alpha value is -1.03. The van der Waals surface area contributed by atoms with Gasteiger partial charge >= 0.3 is 0 Å². The maximum atomic E-state index is 13.6. The van der Waals surface area contributed by atoms with Crippen molar-refractivity contribution in [2.45, 2.75) is 31.9 Å². The predicted molar refractivity (Wildman–Crippen MR) is 122 cm³/mol. The largest absolute Gasteiger partial charge is 0.357 e. The number of halogens is 2. The van der Waals surface area contributed by atoms with Crippen LogP contribution in [0.1, 0.15) is 31.7 Å². The third kappa shape index (κ3) is 9.14. The van der Waals surface area contributed by atoms with Crippen molar-refractivity contribution < 1.29 is 9.18 Å². The maximum absolute atomic E-state index is 13.6. The first kappa shape index (κ1) is 24.0. The average Bonchev–Trinajstić information content (AvgIpc) is 3.04. The van der Waals surface area contributed by atoms with Gasteiger partial charge in [-0.15, -0.1) is 24.0 Å². The van der Waals surface area contributed by atoms with E-state index in [1.54, 1.807) is 17.8 Å². The summed E-state index contributed by atoms with van der Waals surface area (Å²) in [5.74, 6) is 2.48. The molecule has 1 saturated heterocycles. The van der Waals surface area contributed by atoms with Gasteiger partial charge in [-0.2, -0.15) is 11.8 Å². The van der Waals surface area contributed by atoms with Gasteiger partial charge in [-0.25, -0.2) is 4.39 Å². The molecule has 1 aromatic rings. The second-order valence-corrected chi connectivity index (χ2v) is 7.27. The SMILES string of the molecule is CCNC(=NCCCN1CCCC1=O)NCCSCc1ccccc1F.I. The van der Waals surface area contributed by atoms with Gasteiger partial charge in [0.05, 0.1) is 0 Å². The fraction of sp³-hybridized carbons (Fsp3) is 0.579. The fourth-order valence-corrected chi connectivity index (χ4v) is 3.62. The zero-order chi connectivity index (χ0) is 18.6. The zero-order valence-corrected chi connectivity index (χ0v) is 19.0. The topological polar surface area (TPSA) is 56.7 Å². The molecule has 2 rings (SSSR count). The molecule has 1 aromatic carbocycles. The molecule has 1 fully saturated rings. The summed E-state index contributed by atoms with van der Waals surface area (Å²) in [6.07, 6.45) is 2.55. The fourth-order valence-electron chi connectivity index (χ4n) is 2.77. The van der Waals surface area contributed by atoms with Crippen LogP contribution in [-0.4, -0.2) is 55.2 Å². The average molecular weight is 508 g/mol. The standard InChI is InChI=1S/C19H29FN4OS.HI/c1-2-21-19(22-10-6-13-24-12-5-9-18(24)25)23-11-14-26-15-16-7-3-4-8-17(16)20;/h3-4,7-8H,2,5-6,9-15H2,1H3,(H2,21,22,23);1H. The van der Waals surface area contributed by atoms with E-state index in [9.17, 15) is 9.18 Å². The van der Waals surface area contributed by atoms with E-state index in [2.05, 4.69) is 15.6 Å². The first-order valence-electron chi connectivity index (χ1n) is 9.32. The van der Waals surface area contributed by atoms with E-state index < -0.39 is 0 Å². The van der Waals surface area contributed by atoms with Crippen molar-refractivity contribution in [3.05, 3.63) is 35.6 Å². The molecule has 1 aliphatic heterocycles. The van der Waals surface area contributed by atoms with Gasteiger partial charge < -0.3 is 15.5 Å². The van der Waals surface area contributed by atoms with Gasteiger partial charge in [0.2, 0.25) is 5.91 Å². The Kier molecular flexibility index (Phi) is 12.5. The molecule has 27 heavy (non-hydrogen) atoms. The first-order valence-corrected chi connectivity index (χ1v) is 10.5. The molecule has 5 nitrogen and oxygen atoms in total. The van der Waals surface area contributed by atoms with Crippen LogP contribution in [0.25, 0.3) is 0 Å². The van der Waals surface area contributed by atoms with Crippen LogP contribution in [-0.2, 0) is 10.5 Å². The summed E-state index contributed by atoms with van der Waals surface area (Å²) >= 11 is 1.70. The lowest BCUT2D eigenvalue weighted by Gasteiger charge is -2.15. The number of hydrogen-bond acceptors (Lipinski definition) is 3. The van der Waals surface area contributed by atoms with Crippen molar-refractivity contribution in [2.75, 3.05) is 38.5 Å². The predicted octanol–water partition coefficient (Wildman–Crippen LogP) is 3.24. The van der Waals surface area contributed by atoms with Crippen molar-refractivity contribution in [1.82, 2.24) is 15.5 Å². The van der Waals surface area contributed by atoms with E-state index in [4.69, 9.17) is 0 Å². The number of hydrogen-bond donors (Lipinski definition) is 2. The minimum Gasteiger partial charge on any atom is -0.357 e. The molecular weight excluding hydrogens is 478 g/mol. The van der Waals surface area contributed by atoms with Gasteiger partial charge in [0.1, 0.15) is 5.82 Å². The van der Waals surface area contributed by atoms with E-state index in [1.165, 1.54) is 6.07 Å². The molecule has 0 aromatic heterocycles. The summed E-state index contributed by atoms with van der Waals surface area (Å²) < 4.78 is 13.6. The van der Waals surface area contributed by atoms with Gasteiger partial charge in [-0.1, -0.05) is 18.2 Å². The highest BCUT2D eigenvalue weighted by Crippen LogP contribution is 2.14. The molecule has 152 valence electrons. The molecule has 2 N–H and O–H groups in total. The lowest BCUT2D eigenvalue weighted by molar-refractivity contribution is -0.127. The smallest absolute Gasteiger partial charge is 0.222 e. The monoisotopic (exact) mass is 508 g/mol. The number of rotatable bonds is 10. The Bertz CT molecular complexity index is 603. The van der Waals surface area contributed by atoms with E-state index in [0.29, 0.717) is 18.7 Å². The summed E-state index contributed by atoms with van der Waals surface area (Å²) in [5, 5.41) is 6.53. The van der Waals surface area contributed by atoms with Crippen molar-refractivity contribution >= 4 is 47.6 Å². The van der Waals surface area contributed by atoms with Gasteiger partial charge in [-0.3, -0.25) is 9.79 Å². The minimum absolute atomic E-state index is 0. The van der Waals surface area contributed by atoms with E-state index >= 15 is 0 Å². The highest BCUT2D eigenvalue weighted by molar-refractivity contribution is 14.0. The van der Waals surface area contributed by atoms with Crippen LogP contribution < -0.4 is 10.6 Å². The second kappa shape index (κ2) is 14.0. The van der Waals surface area contributed by atoms with Crippen LogP contribution in [0.4, 0.5) is 4.39 Å². The molecule has 0 aliphatic carbocycles. The third-order valence-electron chi connectivity index (χ3n) is 4.13. The normalized spacial score (nSPS) is 14.2. The summed E-state index contributed by atoms with van der Waals surface area (Å²) in [6.45, 7) is 5.99. The van der Waals surface area contributed by atoms with E-state index in [-0.39, 0.29) is 35.7 Å². The quantitative estimate of drug-likeness (QED) is 0.221. The molecule has 1 amide bonds. The Morgan fingerprint density at radius 1 is 1.33 bits per heavy atom. The van der Waals surface area contributed by atoms with Crippen LogP contribution in [0.2, 0.25) is 0 Å².